The van der Waals surface area contributed by atoms with Crippen molar-refractivity contribution in [2.45, 2.75) is 26.3 Å². The van der Waals surface area contributed by atoms with Gasteiger partial charge in [-0.2, -0.15) is 0 Å². The Kier molecular flexibility index (Phi) is 5.66. The average molecular weight is 304 g/mol. The van der Waals surface area contributed by atoms with Crippen LogP contribution in [0.2, 0.25) is 5.02 Å². The zero-order valence-corrected chi connectivity index (χ0v) is 13.6. The standard InChI is InChI=1S/C18H22ClNO/c1-4-10-20-18(14-7-5-6-13(2)11-14)16-12-15(19)8-9-17(16)21-3/h5-9,11-12,18,20H,4,10H2,1-3H3. The number of methoxy groups -OCH3 is 1. The number of hydrogen-bond donors (Lipinski definition) is 1. The van der Waals surface area contributed by atoms with Gasteiger partial charge in [0.05, 0.1) is 13.2 Å². The van der Waals surface area contributed by atoms with Crippen LogP contribution in [-0.4, -0.2) is 13.7 Å². The fourth-order valence-electron chi connectivity index (χ4n) is 2.48. The Morgan fingerprint density at radius 2 is 2.00 bits per heavy atom. The van der Waals surface area contributed by atoms with Crippen molar-refractivity contribution in [1.29, 1.82) is 0 Å². The second-order valence-corrected chi connectivity index (χ2v) is 5.62. The van der Waals surface area contributed by atoms with Gasteiger partial charge in [-0.3, -0.25) is 0 Å². The normalized spacial score (nSPS) is 12.2. The second-order valence-electron chi connectivity index (χ2n) is 5.19. The van der Waals surface area contributed by atoms with E-state index in [1.54, 1.807) is 7.11 Å². The molecule has 0 aliphatic carbocycles. The van der Waals surface area contributed by atoms with E-state index in [0.29, 0.717) is 0 Å². The van der Waals surface area contributed by atoms with Gasteiger partial charge in [0.1, 0.15) is 5.75 Å². The van der Waals surface area contributed by atoms with E-state index >= 15 is 0 Å². The molecule has 2 aromatic carbocycles. The molecule has 0 heterocycles. The van der Waals surface area contributed by atoms with E-state index in [1.807, 2.05) is 18.2 Å². The molecule has 0 aliphatic rings. The summed E-state index contributed by atoms with van der Waals surface area (Å²) in [5.41, 5.74) is 3.55. The predicted molar refractivity (Wildman–Crippen MR) is 89.3 cm³/mol. The Bertz CT molecular complexity index is 598. The van der Waals surface area contributed by atoms with Crippen LogP contribution in [0.1, 0.15) is 36.1 Å². The summed E-state index contributed by atoms with van der Waals surface area (Å²) in [6, 6.07) is 14.4. The lowest BCUT2D eigenvalue weighted by molar-refractivity contribution is 0.404. The summed E-state index contributed by atoms with van der Waals surface area (Å²) < 4.78 is 5.51. The van der Waals surface area contributed by atoms with Gasteiger partial charge in [-0.05, 0) is 43.7 Å². The van der Waals surface area contributed by atoms with E-state index < -0.39 is 0 Å². The van der Waals surface area contributed by atoms with Gasteiger partial charge in [0, 0.05) is 10.6 Å². The van der Waals surface area contributed by atoms with Crippen LogP contribution in [0, 0.1) is 6.92 Å². The fourth-order valence-corrected chi connectivity index (χ4v) is 2.66. The Balaban J connectivity index is 2.47. The van der Waals surface area contributed by atoms with Crippen molar-refractivity contribution in [3.05, 3.63) is 64.2 Å². The number of ether oxygens (including phenoxy) is 1. The molecule has 2 rings (SSSR count). The lowest BCUT2D eigenvalue weighted by Crippen LogP contribution is -2.23. The maximum atomic E-state index is 6.19. The minimum atomic E-state index is 0.0819. The molecule has 0 amide bonds. The zero-order chi connectivity index (χ0) is 15.2. The number of nitrogens with one attached hydrogen (secondary N) is 1. The van der Waals surface area contributed by atoms with Crippen LogP contribution in [0.4, 0.5) is 0 Å². The van der Waals surface area contributed by atoms with E-state index in [-0.39, 0.29) is 6.04 Å². The summed E-state index contributed by atoms with van der Waals surface area (Å²) in [5.74, 6) is 0.856. The minimum Gasteiger partial charge on any atom is -0.496 e. The van der Waals surface area contributed by atoms with Crippen molar-refractivity contribution in [2.75, 3.05) is 13.7 Å². The molecular weight excluding hydrogens is 282 g/mol. The van der Waals surface area contributed by atoms with Crippen LogP contribution >= 0.6 is 11.6 Å². The Morgan fingerprint density at radius 3 is 2.67 bits per heavy atom. The number of aryl methyl sites for hydroxylation is 1. The monoisotopic (exact) mass is 303 g/mol. The maximum absolute atomic E-state index is 6.19. The van der Waals surface area contributed by atoms with Crippen LogP contribution in [0.15, 0.2) is 42.5 Å². The number of hydrogen-bond acceptors (Lipinski definition) is 2. The Labute approximate surface area is 132 Å². The molecule has 0 aliphatic heterocycles. The highest BCUT2D eigenvalue weighted by atomic mass is 35.5. The highest BCUT2D eigenvalue weighted by molar-refractivity contribution is 6.30. The van der Waals surface area contributed by atoms with Crippen molar-refractivity contribution in [1.82, 2.24) is 5.32 Å². The number of halogens is 1. The molecule has 1 N–H and O–H groups in total. The van der Waals surface area contributed by atoms with Crippen LogP contribution in [0.3, 0.4) is 0 Å². The van der Waals surface area contributed by atoms with Gasteiger partial charge in [0.15, 0.2) is 0 Å². The first-order valence-corrected chi connectivity index (χ1v) is 7.67. The molecule has 0 fully saturated rings. The van der Waals surface area contributed by atoms with Crippen molar-refractivity contribution < 1.29 is 4.74 Å². The van der Waals surface area contributed by atoms with Gasteiger partial charge in [-0.1, -0.05) is 48.4 Å². The van der Waals surface area contributed by atoms with Gasteiger partial charge in [-0.25, -0.2) is 0 Å². The number of benzene rings is 2. The van der Waals surface area contributed by atoms with Crippen LogP contribution in [-0.2, 0) is 0 Å². The largest absolute Gasteiger partial charge is 0.496 e. The summed E-state index contributed by atoms with van der Waals surface area (Å²) in [6.45, 7) is 5.21. The highest BCUT2D eigenvalue weighted by Crippen LogP contribution is 2.32. The summed E-state index contributed by atoms with van der Waals surface area (Å²) in [6.07, 6.45) is 1.07. The molecule has 0 spiro atoms. The average Bonchev–Trinajstić information content (AvgIpc) is 2.48. The lowest BCUT2D eigenvalue weighted by Gasteiger charge is -2.22. The molecule has 112 valence electrons. The SMILES string of the molecule is CCCNC(c1cccc(C)c1)c1cc(Cl)ccc1OC. The second kappa shape index (κ2) is 7.48. The molecule has 0 saturated heterocycles. The third-order valence-electron chi connectivity index (χ3n) is 3.48. The first-order chi connectivity index (χ1) is 10.2. The molecule has 0 aromatic heterocycles. The van der Waals surface area contributed by atoms with E-state index in [4.69, 9.17) is 16.3 Å². The smallest absolute Gasteiger partial charge is 0.124 e. The fraction of sp³-hybridized carbons (Fsp3) is 0.333. The molecule has 1 atom stereocenters. The van der Waals surface area contributed by atoms with Gasteiger partial charge in [0.25, 0.3) is 0 Å². The van der Waals surface area contributed by atoms with Crippen molar-refractivity contribution in [3.8, 4) is 5.75 Å². The number of rotatable bonds is 6. The van der Waals surface area contributed by atoms with Gasteiger partial charge in [0.2, 0.25) is 0 Å². The maximum Gasteiger partial charge on any atom is 0.124 e. The Morgan fingerprint density at radius 1 is 1.19 bits per heavy atom. The molecule has 2 nitrogen and oxygen atoms in total. The first-order valence-electron chi connectivity index (χ1n) is 7.29. The first kappa shape index (κ1) is 15.9. The van der Waals surface area contributed by atoms with E-state index in [1.165, 1.54) is 11.1 Å². The van der Waals surface area contributed by atoms with Gasteiger partial charge in [-0.15, -0.1) is 0 Å². The van der Waals surface area contributed by atoms with Gasteiger partial charge < -0.3 is 10.1 Å². The van der Waals surface area contributed by atoms with Crippen molar-refractivity contribution in [3.63, 3.8) is 0 Å². The van der Waals surface area contributed by atoms with Gasteiger partial charge >= 0.3 is 0 Å². The lowest BCUT2D eigenvalue weighted by atomic mass is 9.96. The molecule has 21 heavy (non-hydrogen) atoms. The molecule has 3 heteroatoms. The third kappa shape index (κ3) is 3.99. The highest BCUT2D eigenvalue weighted by Gasteiger charge is 2.18. The quantitative estimate of drug-likeness (QED) is 0.832. The molecule has 1 unspecified atom stereocenters. The van der Waals surface area contributed by atoms with E-state index in [2.05, 4.69) is 43.4 Å². The van der Waals surface area contributed by atoms with Crippen LogP contribution in [0.5, 0.6) is 5.75 Å². The predicted octanol–water partition coefficient (Wildman–Crippen LogP) is 4.75. The molecule has 0 radical (unpaired) electrons. The van der Waals surface area contributed by atoms with E-state index in [9.17, 15) is 0 Å². The summed E-state index contributed by atoms with van der Waals surface area (Å²) in [7, 11) is 1.69. The van der Waals surface area contributed by atoms with E-state index in [0.717, 1.165) is 29.3 Å². The molecule has 2 aromatic rings. The third-order valence-corrected chi connectivity index (χ3v) is 3.71. The molecule has 0 saturated carbocycles. The summed E-state index contributed by atoms with van der Waals surface area (Å²) in [5, 5.41) is 4.32. The topological polar surface area (TPSA) is 21.3 Å². The summed E-state index contributed by atoms with van der Waals surface area (Å²) >= 11 is 6.19. The summed E-state index contributed by atoms with van der Waals surface area (Å²) in [4.78, 5) is 0. The minimum absolute atomic E-state index is 0.0819. The van der Waals surface area contributed by atoms with Crippen molar-refractivity contribution in [2.24, 2.45) is 0 Å². The molecular formula is C18H22ClNO. The zero-order valence-electron chi connectivity index (χ0n) is 12.8. The molecule has 0 bridgehead atoms. The van der Waals surface area contributed by atoms with Crippen molar-refractivity contribution >= 4 is 11.6 Å². The Hall–Kier alpha value is -1.51. The van der Waals surface area contributed by atoms with Crippen LogP contribution in [0.25, 0.3) is 0 Å². The van der Waals surface area contributed by atoms with Crippen LogP contribution < -0.4 is 10.1 Å².